The van der Waals surface area contributed by atoms with Gasteiger partial charge in [-0.1, -0.05) is 60.7 Å². The van der Waals surface area contributed by atoms with Crippen LogP contribution in [0.25, 0.3) is 10.8 Å². The summed E-state index contributed by atoms with van der Waals surface area (Å²) in [5.74, 6) is -0.632. The van der Waals surface area contributed by atoms with E-state index in [1.165, 1.54) is 11.0 Å². The van der Waals surface area contributed by atoms with Crippen LogP contribution in [0.3, 0.4) is 0 Å². The molecule has 2 amide bonds. The van der Waals surface area contributed by atoms with E-state index in [2.05, 4.69) is 15.0 Å². The summed E-state index contributed by atoms with van der Waals surface area (Å²) in [7, 11) is -4.04. The maximum Gasteiger partial charge on any atom is 0.242 e. The van der Waals surface area contributed by atoms with E-state index in [9.17, 15) is 18.0 Å². The van der Waals surface area contributed by atoms with Crippen molar-refractivity contribution < 1.29 is 18.0 Å². The number of aliphatic imine (C=N–C) groups is 1. The fraction of sp³-hybridized carbons (Fsp3) is 0.345. The lowest BCUT2D eigenvalue weighted by molar-refractivity contribution is -0.139. The first-order valence-electron chi connectivity index (χ1n) is 13.4. The summed E-state index contributed by atoms with van der Waals surface area (Å²) >= 11 is 0. The molecule has 4 rings (SSSR count). The van der Waals surface area contributed by atoms with Gasteiger partial charge in [0.15, 0.2) is 5.96 Å². The van der Waals surface area contributed by atoms with Gasteiger partial charge in [-0.2, -0.15) is 4.72 Å². The zero-order chi connectivity index (χ0) is 28.5. The van der Waals surface area contributed by atoms with Gasteiger partial charge in [0.05, 0.1) is 4.90 Å². The molecule has 11 heteroatoms. The number of nitrogens with zero attached hydrogens (tertiary/aromatic N) is 2. The van der Waals surface area contributed by atoms with Crippen molar-refractivity contribution in [1.29, 1.82) is 0 Å². The molecule has 2 atom stereocenters. The second-order valence-corrected chi connectivity index (χ2v) is 11.6. The molecule has 40 heavy (non-hydrogen) atoms. The van der Waals surface area contributed by atoms with E-state index < -0.39 is 28.0 Å². The highest BCUT2D eigenvalue weighted by atomic mass is 32.2. The topological polar surface area (TPSA) is 160 Å². The van der Waals surface area contributed by atoms with E-state index >= 15 is 0 Å². The van der Waals surface area contributed by atoms with E-state index in [-0.39, 0.29) is 23.2 Å². The van der Waals surface area contributed by atoms with Gasteiger partial charge in [0.1, 0.15) is 12.1 Å². The van der Waals surface area contributed by atoms with E-state index in [1.807, 2.05) is 54.6 Å². The molecular formula is C29H36N6O4S. The lowest BCUT2D eigenvalue weighted by Gasteiger charge is -2.29. The molecule has 1 heterocycles. The number of likely N-dealkylation sites (tertiary alicyclic amines) is 1. The number of carbonyl (C=O) groups excluding carboxylic acids is 2. The van der Waals surface area contributed by atoms with Crippen LogP contribution in [-0.4, -0.2) is 62.8 Å². The monoisotopic (exact) mass is 564 g/mol. The Hall–Kier alpha value is -3.96. The highest BCUT2D eigenvalue weighted by Crippen LogP contribution is 2.22. The predicted octanol–water partition coefficient (Wildman–Crippen LogP) is 1.89. The first-order valence-corrected chi connectivity index (χ1v) is 14.9. The Morgan fingerprint density at radius 1 is 0.975 bits per heavy atom. The number of guanidine groups is 1. The zero-order valence-electron chi connectivity index (χ0n) is 22.3. The third kappa shape index (κ3) is 7.57. The zero-order valence-corrected chi connectivity index (χ0v) is 23.1. The summed E-state index contributed by atoms with van der Waals surface area (Å²) in [4.78, 5) is 32.4. The van der Waals surface area contributed by atoms with Gasteiger partial charge < -0.3 is 21.7 Å². The molecule has 3 aromatic rings. The Labute approximate surface area is 234 Å². The van der Waals surface area contributed by atoms with Crippen molar-refractivity contribution in [2.75, 3.05) is 19.6 Å². The van der Waals surface area contributed by atoms with Crippen molar-refractivity contribution in [3.05, 3.63) is 78.4 Å². The quantitative estimate of drug-likeness (QED) is 0.149. The van der Waals surface area contributed by atoms with Gasteiger partial charge in [0.25, 0.3) is 0 Å². The maximum absolute atomic E-state index is 13.8. The van der Waals surface area contributed by atoms with Gasteiger partial charge in [-0.15, -0.1) is 0 Å². The number of hydrogen-bond acceptors (Lipinski definition) is 5. The molecule has 0 radical (unpaired) electrons. The SMILES string of the molecule is NC(N)=NCCCCNC(=O)[C@@H]1CCCN1C(=O)[C@H](Cc1ccccc1)NS(=O)(=O)c1ccc2ccccc2c1. The average molecular weight is 565 g/mol. The molecule has 1 fully saturated rings. The first-order chi connectivity index (χ1) is 19.2. The fourth-order valence-corrected chi connectivity index (χ4v) is 6.12. The van der Waals surface area contributed by atoms with Crippen LogP contribution in [0.2, 0.25) is 0 Å². The van der Waals surface area contributed by atoms with E-state index in [4.69, 9.17) is 11.5 Å². The van der Waals surface area contributed by atoms with E-state index in [1.54, 1.807) is 12.1 Å². The van der Waals surface area contributed by atoms with Gasteiger partial charge in [-0.3, -0.25) is 14.6 Å². The van der Waals surface area contributed by atoms with Crippen molar-refractivity contribution in [3.63, 3.8) is 0 Å². The summed E-state index contributed by atoms with van der Waals surface area (Å²) < 4.78 is 29.6. The lowest BCUT2D eigenvalue weighted by atomic mass is 10.1. The molecule has 0 spiro atoms. The van der Waals surface area contributed by atoms with Gasteiger partial charge in [0.2, 0.25) is 21.8 Å². The molecule has 10 nitrogen and oxygen atoms in total. The number of benzene rings is 3. The van der Waals surface area contributed by atoms with Crippen LogP contribution in [0.15, 0.2) is 82.7 Å². The summed E-state index contributed by atoms with van der Waals surface area (Å²) in [6.07, 6.45) is 2.72. The first kappa shape index (κ1) is 29.0. The maximum atomic E-state index is 13.8. The molecule has 0 saturated carbocycles. The van der Waals surface area contributed by atoms with Gasteiger partial charge in [0, 0.05) is 19.6 Å². The Morgan fingerprint density at radius 2 is 1.70 bits per heavy atom. The summed E-state index contributed by atoms with van der Waals surface area (Å²) in [5.41, 5.74) is 11.5. The molecular weight excluding hydrogens is 528 g/mol. The Bertz CT molecular complexity index is 1460. The largest absolute Gasteiger partial charge is 0.370 e. The number of amides is 2. The van der Waals surface area contributed by atoms with E-state index in [0.717, 1.165) is 16.3 Å². The average Bonchev–Trinajstić information content (AvgIpc) is 3.44. The van der Waals surface area contributed by atoms with Gasteiger partial charge in [-0.25, -0.2) is 8.42 Å². The number of nitrogens with one attached hydrogen (secondary N) is 2. The van der Waals surface area contributed by atoms with Gasteiger partial charge in [-0.05, 0) is 60.6 Å². The molecule has 0 aliphatic carbocycles. The third-order valence-corrected chi connectivity index (χ3v) is 8.40. The number of carbonyl (C=O) groups is 2. The van der Waals surface area contributed by atoms with Crippen LogP contribution in [0.4, 0.5) is 0 Å². The third-order valence-electron chi connectivity index (χ3n) is 6.93. The van der Waals surface area contributed by atoms with Crippen molar-refractivity contribution in [3.8, 4) is 0 Å². The molecule has 6 N–H and O–H groups in total. The van der Waals surface area contributed by atoms with E-state index in [0.29, 0.717) is 45.3 Å². The molecule has 0 unspecified atom stereocenters. The highest BCUT2D eigenvalue weighted by Gasteiger charge is 2.38. The molecule has 1 aliphatic rings. The molecule has 0 aromatic heterocycles. The van der Waals surface area contributed by atoms with Crippen molar-refractivity contribution in [2.24, 2.45) is 16.5 Å². The summed E-state index contributed by atoms with van der Waals surface area (Å²) in [6.45, 7) is 1.29. The van der Waals surface area contributed by atoms with Crippen molar-refractivity contribution in [1.82, 2.24) is 14.9 Å². The fourth-order valence-electron chi connectivity index (χ4n) is 4.90. The molecule has 3 aromatic carbocycles. The number of unbranched alkanes of at least 4 members (excludes halogenated alkanes) is 1. The minimum atomic E-state index is -4.04. The predicted molar refractivity (Wildman–Crippen MR) is 156 cm³/mol. The number of hydrogen-bond donors (Lipinski definition) is 4. The number of rotatable bonds is 12. The second-order valence-electron chi connectivity index (χ2n) is 9.87. The van der Waals surface area contributed by atoms with Crippen LogP contribution in [-0.2, 0) is 26.0 Å². The smallest absolute Gasteiger partial charge is 0.242 e. The summed E-state index contributed by atoms with van der Waals surface area (Å²) in [5, 5.41) is 4.60. The Balaban J connectivity index is 1.49. The van der Waals surface area contributed by atoms with Crippen molar-refractivity contribution >= 4 is 38.6 Å². The van der Waals surface area contributed by atoms with Crippen LogP contribution < -0.4 is 21.5 Å². The molecule has 1 aliphatic heterocycles. The standard InChI is InChI=1S/C29H36N6O4S/c30-29(31)33-17-7-6-16-32-27(36)26-13-8-18-35(26)28(37)25(19-21-9-2-1-3-10-21)34-40(38,39)24-15-14-22-11-4-5-12-23(22)20-24/h1-5,9-12,14-15,20,25-26,34H,6-8,13,16-19H2,(H,32,36)(H4,30,31,33)/t25-,26-/m0/s1. The number of sulfonamides is 1. The molecule has 0 bridgehead atoms. The van der Waals surface area contributed by atoms with Crippen molar-refractivity contribution in [2.45, 2.75) is 49.1 Å². The molecule has 212 valence electrons. The van der Waals surface area contributed by atoms with Crippen LogP contribution in [0.5, 0.6) is 0 Å². The minimum absolute atomic E-state index is 0.0328. The molecule has 1 saturated heterocycles. The Morgan fingerprint density at radius 3 is 2.45 bits per heavy atom. The van der Waals surface area contributed by atoms with Crippen LogP contribution >= 0.6 is 0 Å². The number of fused-ring (bicyclic) bond motifs is 1. The van der Waals surface area contributed by atoms with Gasteiger partial charge >= 0.3 is 0 Å². The second kappa shape index (κ2) is 13.4. The summed E-state index contributed by atoms with van der Waals surface area (Å²) in [6, 6.07) is 19.9. The van der Waals surface area contributed by atoms with Crippen LogP contribution in [0, 0.1) is 0 Å². The van der Waals surface area contributed by atoms with Crippen LogP contribution in [0.1, 0.15) is 31.2 Å². The normalized spacial score (nSPS) is 16.0. The number of nitrogens with two attached hydrogens (primary N) is 2. The highest BCUT2D eigenvalue weighted by molar-refractivity contribution is 7.89. The Kier molecular flexibility index (Phi) is 9.73. The minimum Gasteiger partial charge on any atom is -0.370 e. The lowest BCUT2D eigenvalue weighted by Crippen LogP contribution is -2.54.